The van der Waals surface area contributed by atoms with Crippen LogP contribution < -0.4 is 10.3 Å². The van der Waals surface area contributed by atoms with Crippen molar-refractivity contribution in [3.63, 3.8) is 0 Å². The van der Waals surface area contributed by atoms with Crippen molar-refractivity contribution < 1.29 is 18.9 Å². The van der Waals surface area contributed by atoms with Crippen LogP contribution in [0.4, 0.5) is 5.69 Å². The molecule has 128 valence electrons. The lowest BCUT2D eigenvalue weighted by molar-refractivity contribution is 0.284. The van der Waals surface area contributed by atoms with Gasteiger partial charge in [0.05, 0.1) is 15.9 Å². The smallest absolute Gasteiger partial charge is 0.402 e. The second-order valence-electron chi connectivity index (χ2n) is 4.88. The molecular formula is C15H15BrClN2O4P. The van der Waals surface area contributed by atoms with Crippen LogP contribution in [-0.2, 0) is 4.57 Å². The van der Waals surface area contributed by atoms with Gasteiger partial charge in [-0.05, 0) is 46.6 Å². The average molecular weight is 434 g/mol. The van der Waals surface area contributed by atoms with Crippen molar-refractivity contribution in [1.82, 2.24) is 4.98 Å². The Hall–Kier alpha value is -1.50. The molecule has 1 heterocycles. The zero-order chi connectivity index (χ0) is 17.9. The molecule has 9 heteroatoms. The van der Waals surface area contributed by atoms with Crippen LogP contribution in [-0.4, -0.2) is 14.8 Å². The number of nitrogens with two attached hydrogens (primary N) is 1. The third kappa shape index (κ3) is 4.75. The molecule has 3 aromatic rings. The number of benzene rings is 2. The Morgan fingerprint density at radius 3 is 2.46 bits per heavy atom. The Labute approximate surface area is 152 Å². The van der Waals surface area contributed by atoms with Crippen molar-refractivity contribution >= 4 is 51.9 Å². The Kier molecular flexibility index (Phi) is 5.96. The third-order valence-corrected chi connectivity index (χ3v) is 4.82. The highest BCUT2D eigenvalue weighted by Crippen LogP contribution is 2.44. The normalized spacial score (nSPS) is 11.0. The Bertz CT molecular complexity index is 889. The predicted octanol–water partition coefficient (Wildman–Crippen LogP) is 4.63. The number of phosphoric ester groups is 1. The van der Waals surface area contributed by atoms with Gasteiger partial charge in [0.15, 0.2) is 5.75 Å². The summed E-state index contributed by atoms with van der Waals surface area (Å²) < 4.78 is 15.9. The molecule has 0 spiro atoms. The number of hydrogen-bond donors (Lipinski definition) is 4. The monoisotopic (exact) mass is 432 g/mol. The van der Waals surface area contributed by atoms with Crippen molar-refractivity contribution in [3.05, 3.63) is 57.7 Å². The molecule has 0 atom stereocenters. The summed E-state index contributed by atoms with van der Waals surface area (Å²) in [5, 5.41) is 0.765. The SMILES string of the molecule is Cc1ccccc1N.O=P(O)(O)Oc1c[nH]c2ccc(Br)c(Cl)c12. The number of hydrogen-bond acceptors (Lipinski definition) is 3. The van der Waals surface area contributed by atoms with Crippen LogP contribution >= 0.6 is 35.4 Å². The van der Waals surface area contributed by atoms with Crippen LogP contribution in [0, 0.1) is 6.92 Å². The number of aryl methyl sites for hydroxylation is 1. The number of nitrogens with one attached hydrogen (secondary N) is 1. The van der Waals surface area contributed by atoms with Gasteiger partial charge in [-0.1, -0.05) is 29.8 Å². The topological polar surface area (TPSA) is 109 Å². The van der Waals surface area contributed by atoms with E-state index in [4.69, 9.17) is 27.1 Å². The Morgan fingerprint density at radius 1 is 1.25 bits per heavy atom. The van der Waals surface area contributed by atoms with Crippen LogP contribution in [0.15, 0.2) is 47.1 Å². The molecule has 0 amide bonds. The number of anilines is 1. The van der Waals surface area contributed by atoms with E-state index in [2.05, 4.69) is 25.4 Å². The Balaban J connectivity index is 0.000000219. The zero-order valence-electron chi connectivity index (χ0n) is 12.5. The van der Waals surface area contributed by atoms with Crippen molar-refractivity contribution in [3.8, 4) is 5.75 Å². The van der Waals surface area contributed by atoms with Crippen molar-refractivity contribution in [1.29, 1.82) is 0 Å². The van der Waals surface area contributed by atoms with E-state index in [1.54, 1.807) is 12.1 Å². The van der Waals surface area contributed by atoms with Gasteiger partial charge in [-0.25, -0.2) is 4.57 Å². The zero-order valence-corrected chi connectivity index (χ0v) is 15.8. The van der Waals surface area contributed by atoms with Crippen LogP contribution in [0.1, 0.15) is 5.56 Å². The molecule has 0 aliphatic rings. The van der Waals surface area contributed by atoms with Gasteiger partial charge in [0.25, 0.3) is 0 Å². The fourth-order valence-electron chi connectivity index (χ4n) is 1.91. The first-order valence-electron chi connectivity index (χ1n) is 6.70. The molecule has 0 saturated carbocycles. The van der Waals surface area contributed by atoms with E-state index >= 15 is 0 Å². The highest BCUT2D eigenvalue weighted by molar-refractivity contribution is 9.10. The minimum absolute atomic E-state index is 0.0228. The van der Waals surface area contributed by atoms with Crippen LogP contribution in [0.2, 0.25) is 5.02 Å². The van der Waals surface area contributed by atoms with Crippen molar-refractivity contribution in [2.75, 3.05) is 5.73 Å². The molecule has 0 unspecified atom stereocenters. The summed E-state index contributed by atoms with van der Waals surface area (Å²) in [6.45, 7) is 2.00. The van der Waals surface area contributed by atoms with Gasteiger partial charge < -0.3 is 15.2 Å². The number of fused-ring (bicyclic) bond motifs is 1. The fourth-order valence-corrected chi connectivity index (χ4v) is 2.90. The first-order valence-corrected chi connectivity index (χ1v) is 9.40. The highest BCUT2D eigenvalue weighted by atomic mass is 79.9. The van der Waals surface area contributed by atoms with E-state index in [0.29, 0.717) is 20.4 Å². The van der Waals surface area contributed by atoms with Gasteiger partial charge in [0, 0.05) is 16.4 Å². The number of phosphoric acid groups is 1. The highest BCUT2D eigenvalue weighted by Gasteiger charge is 2.20. The fraction of sp³-hybridized carbons (Fsp3) is 0.0667. The van der Waals surface area contributed by atoms with Crippen molar-refractivity contribution in [2.45, 2.75) is 6.92 Å². The molecule has 2 aromatic carbocycles. The van der Waals surface area contributed by atoms with Gasteiger partial charge in [-0.3, -0.25) is 9.79 Å². The maximum absolute atomic E-state index is 10.7. The predicted molar refractivity (Wildman–Crippen MR) is 99.3 cm³/mol. The third-order valence-electron chi connectivity index (χ3n) is 3.11. The van der Waals surface area contributed by atoms with E-state index in [9.17, 15) is 4.57 Å². The molecule has 0 saturated heterocycles. The molecule has 0 fully saturated rings. The van der Waals surface area contributed by atoms with E-state index in [1.807, 2.05) is 31.2 Å². The molecule has 1 aromatic heterocycles. The number of aromatic nitrogens is 1. The van der Waals surface area contributed by atoms with Crippen molar-refractivity contribution in [2.24, 2.45) is 0 Å². The first kappa shape index (κ1) is 18.8. The van der Waals surface area contributed by atoms with E-state index in [-0.39, 0.29) is 5.75 Å². The molecule has 0 bridgehead atoms. The molecule has 6 nitrogen and oxygen atoms in total. The minimum atomic E-state index is -4.59. The lowest BCUT2D eigenvalue weighted by atomic mass is 10.2. The molecular weight excluding hydrogens is 419 g/mol. The van der Waals surface area contributed by atoms with E-state index < -0.39 is 7.82 Å². The lowest BCUT2D eigenvalue weighted by Crippen LogP contribution is -1.89. The summed E-state index contributed by atoms with van der Waals surface area (Å²) in [6, 6.07) is 11.2. The van der Waals surface area contributed by atoms with Gasteiger partial charge in [0.2, 0.25) is 0 Å². The molecule has 0 aliphatic carbocycles. The summed E-state index contributed by atoms with van der Waals surface area (Å²) in [6.07, 6.45) is 1.35. The maximum atomic E-state index is 10.7. The molecule has 5 N–H and O–H groups in total. The number of H-pyrrole nitrogens is 1. The van der Waals surface area contributed by atoms with Gasteiger partial charge in [-0.2, -0.15) is 0 Å². The molecule has 3 rings (SSSR count). The summed E-state index contributed by atoms with van der Waals surface area (Å²) in [5.74, 6) is 0.0228. The average Bonchev–Trinajstić information content (AvgIpc) is 2.88. The van der Waals surface area contributed by atoms with Crippen LogP contribution in [0.5, 0.6) is 5.75 Å². The first-order chi connectivity index (χ1) is 11.2. The Morgan fingerprint density at radius 2 is 1.92 bits per heavy atom. The minimum Gasteiger partial charge on any atom is -0.402 e. The number of para-hydroxylation sites is 1. The van der Waals surface area contributed by atoms with E-state index in [0.717, 1.165) is 11.3 Å². The standard InChI is InChI=1S/C8H6BrClNO4P.C7H9N/c9-4-1-2-5-7(8(4)10)6(3-11-5)15-16(12,13)14;1-6-4-2-3-5-7(6)8/h1-3,11H,(H2,12,13,14);2-5H,8H2,1H3. The second-order valence-corrected chi connectivity index (χ2v) is 7.27. The lowest BCUT2D eigenvalue weighted by Gasteiger charge is -2.06. The molecule has 0 aliphatic heterocycles. The van der Waals surface area contributed by atoms with Gasteiger partial charge in [0.1, 0.15) is 0 Å². The van der Waals surface area contributed by atoms with Crippen LogP contribution in [0.3, 0.4) is 0 Å². The number of nitrogen functional groups attached to an aromatic ring is 1. The van der Waals surface area contributed by atoms with E-state index in [1.165, 1.54) is 6.20 Å². The van der Waals surface area contributed by atoms with Gasteiger partial charge in [-0.15, -0.1) is 0 Å². The van der Waals surface area contributed by atoms with Crippen LogP contribution in [0.25, 0.3) is 10.9 Å². The number of halogens is 2. The second kappa shape index (κ2) is 7.59. The van der Waals surface area contributed by atoms with Gasteiger partial charge >= 0.3 is 7.82 Å². The summed E-state index contributed by atoms with van der Waals surface area (Å²) in [7, 11) is -4.59. The number of aromatic amines is 1. The summed E-state index contributed by atoms with van der Waals surface area (Å²) >= 11 is 9.22. The largest absolute Gasteiger partial charge is 0.524 e. The molecule has 24 heavy (non-hydrogen) atoms. The maximum Gasteiger partial charge on any atom is 0.524 e. The summed E-state index contributed by atoms with van der Waals surface area (Å²) in [5.41, 5.74) is 8.17. The quantitative estimate of drug-likeness (QED) is 0.348. The molecule has 0 radical (unpaired) electrons. The summed E-state index contributed by atoms with van der Waals surface area (Å²) in [4.78, 5) is 20.3. The number of rotatable bonds is 2.